The van der Waals surface area contributed by atoms with E-state index in [1.54, 1.807) is 0 Å². The first-order valence-electron chi connectivity index (χ1n) is 8.62. The lowest BCUT2D eigenvalue weighted by molar-refractivity contribution is -0.134. The molecule has 0 aromatic heterocycles. The second kappa shape index (κ2) is 11.3. The molecule has 1 aliphatic heterocycles. The number of nitrogens with zero attached hydrogens (tertiary/aromatic N) is 1. The molecular weight excluding hydrogens is 234 g/mol. The fourth-order valence-electron chi connectivity index (χ4n) is 2.66. The lowest BCUT2D eigenvalue weighted by atomic mass is 10.0. The molecule has 1 aliphatic rings. The molecular formula is C17H33NO. The molecule has 0 atom stereocenters. The summed E-state index contributed by atoms with van der Waals surface area (Å²) < 4.78 is 0. The van der Waals surface area contributed by atoms with E-state index in [0.717, 1.165) is 25.9 Å². The predicted molar refractivity (Wildman–Crippen MR) is 82.3 cm³/mol. The zero-order valence-electron chi connectivity index (χ0n) is 13.0. The van der Waals surface area contributed by atoms with Gasteiger partial charge in [0.1, 0.15) is 0 Å². The van der Waals surface area contributed by atoms with Crippen molar-refractivity contribution >= 4 is 5.91 Å². The van der Waals surface area contributed by atoms with Gasteiger partial charge in [0, 0.05) is 19.5 Å². The monoisotopic (exact) mass is 267 g/mol. The average molecular weight is 267 g/mol. The van der Waals surface area contributed by atoms with Crippen molar-refractivity contribution in [3.8, 4) is 0 Å². The molecule has 1 saturated heterocycles. The number of amides is 1. The maximum absolute atomic E-state index is 11.6. The van der Waals surface area contributed by atoms with Gasteiger partial charge < -0.3 is 4.90 Å². The zero-order chi connectivity index (χ0) is 13.8. The van der Waals surface area contributed by atoms with Crippen LogP contribution in [0.1, 0.15) is 90.4 Å². The first kappa shape index (κ1) is 16.5. The SMILES string of the molecule is CCCCCCCCCCCCCC(=O)N1CCC1. The summed E-state index contributed by atoms with van der Waals surface area (Å²) in [4.78, 5) is 13.6. The van der Waals surface area contributed by atoms with Crippen LogP contribution in [0.3, 0.4) is 0 Å². The van der Waals surface area contributed by atoms with E-state index in [0.29, 0.717) is 5.91 Å². The Balaban J connectivity index is 1.72. The molecule has 0 radical (unpaired) electrons. The van der Waals surface area contributed by atoms with Gasteiger partial charge in [-0.05, 0) is 12.8 Å². The molecule has 0 spiro atoms. The second-order valence-electron chi connectivity index (χ2n) is 6.02. The van der Waals surface area contributed by atoms with Gasteiger partial charge in [-0.15, -0.1) is 0 Å². The van der Waals surface area contributed by atoms with Crippen molar-refractivity contribution < 1.29 is 4.79 Å². The Kier molecular flexibility index (Phi) is 9.84. The number of hydrogen-bond acceptors (Lipinski definition) is 1. The maximum Gasteiger partial charge on any atom is 0.222 e. The molecule has 1 fully saturated rings. The molecule has 0 saturated carbocycles. The van der Waals surface area contributed by atoms with E-state index >= 15 is 0 Å². The van der Waals surface area contributed by atoms with Crippen molar-refractivity contribution in [3.63, 3.8) is 0 Å². The van der Waals surface area contributed by atoms with Crippen molar-refractivity contribution in [1.82, 2.24) is 4.90 Å². The van der Waals surface area contributed by atoms with Gasteiger partial charge in [-0.2, -0.15) is 0 Å². The Morgan fingerprint density at radius 1 is 0.789 bits per heavy atom. The summed E-state index contributed by atoms with van der Waals surface area (Å²) in [5.74, 6) is 0.391. The summed E-state index contributed by atoms with van der Waals surface area (Å²) >= 11 is 0. The van der Waals surface area contributed by atoms with Crippen molar-refractivity contribution in [1.29, 1.82) is 0 Å². The highest BCUT2D eigenvalue weighted by Gasteiger charge is 2.18. The Bertz CT molecular complexity index is 223. The van der Waals surface area contributed by atoms with E-state index in [4.69, 9.17) is 0 Å². The lowest BCUT2D eigenvalue weighted by Gasteiger charge is -2.30. The van der Waals surface area contributed by atoms with Crippen LogP contribution in [0.5, 0.6) is 0 Å². The highest BCUT2D eigenvalue weighted by atomic mass is 16.2. The fourth-order valence-corrected chi connectivity index (χ4v) is 2.66. The number of likely N-dealkylation sites (tertiary alicyclic amines) is 1. The van der Waals surface area contributed by atoms with E-state index in [1.165, 1.54) is 70.6 Å². The van der Waals surface area contributed by atoms with Gasteiger partial charge >= 0.3 is 0 Å². The number of carbonyl (C=O) groups excluding carboxylic acids is 1. The molecule has 0 bridgehead atoms. The summed E-state index contributed by atoms with van der Waals surface area (Å²) in [5.41, 5.74) is 0. The highest BCUT2D eigenvalue weighted by molar-refractivity contribution is 5.76. The van der Waals surface area contributed by atoms with E-state index < -0.39 is 0 Å². The van der Waals surface area contributed by atoms with Gasteiger partial charge in [0.05, 0.1) is 0 Å². The van der Waals surface area contributed by atoms with Crippen molar-refractivity contribution in [2.45, 2.75) is 90.4 Å². The van der Waals surface area contributed by atoms with Crippen LogP contribution in [0, 0.1) is 0 Å². The normalized spacial score (nSPS) is 14.5. The number of unbranched alkanes of at least 4 members (excludes halogenated alkanes) is 10. The first-order valence-corrected chi connectivity index (χ1v) is 8.62. The quantitative estimate of drug-likeness (QED) is 0.460. The van der Waals surface area contributed by atoms with Crippen LogP contribution in [-0.4, -0.2) is 23.9 Å². The van der Waals surface area contributed by atoms with Gasteiger partial charge in [0.2, 0.25) is 5.91 Å². The van der Waals surface area contributed by atoms with E-state index in [9.17, 15) is 4.79 Å². The largest absolute Gasteiger partial charge is 0.343 e. The molecule has 1 rings (SSSR count). The average Bonchev–Trinajstić information content (AvgIpc) is 2.34. The molecule has 0 N–H and O–H groups in total. The van der Waals surface area contributed by atoms with E-state index in [2.05, 4.69) is 6.92 Å². The summed E-state index contributed by atoms with van der Waals surface area (Å²) in [5, 5.41) is 0. The minimum absolute atomic E-state index is 0.391. The number of carbonyl (C=O) groups is 1. The predicted octanol–water partition coefficient (Wildman–Crippen LogP) is 4.92. The Morgan fingerprint density at radius 3 is 1.68 bits per heavy atom. The third-order valence-electron chi connectivity index (χ3n) is 4.20. The molecule has 19 heavy (non-hydrogen) atoms. The molecule has 0 aromatic rings. The third-order valence-corrected chi connectivity index (χ3v) is 4.20. The van der Waals surface area contributed by atoms with Gasteiger partial charge in [-0.25, -0.2) is 0 Å². The van der Waals surface area contributed by atoms with Crippen LogP contribution in [0.4, 0.5) is 0 Å². The number of rotatable bonds is 12. The Morgan fingerprint density at radius 2 is 1.26 bits per heavy atom. The van der Waals surface area contributed by atoms with Gasteiger partial charge in [-0.1, -0.05) is 71.1 Å². The van der Waals surface area contributed by atoms with Crippen LogP contribution < -0.4 is 0 Å². The van der Waals surface area contributed by atoms with Gasteiger partial charge in [0.15, 0.2) is 0 Å². The molecule has 0 unspecified atom stereocenters. The number of hydrogen-bond donors (Lipinski definition) is 0. The summed E-state index contributed by atoms with van der Waals surface area (Å²) in [6, 6.07) is 0. The molecule has 2 nitrogen and oxygen atoms in total. The lowest BCUT2D eigenvalue weighted by Crippen LogP contribution is -2.41. The summed E-state index contributed by atoms with van der Waals surface area (Å²) in [6.45, 7) is 4.29. The standard InChI is InChI=1S/C17H33NO/c1-2-3-4-5-6-7-8-9-10-11-12-14-17(19)18-15-13-16-18/h2-16H2,1H3. The van der Waals surface area contributed by atoms with Crippen LogP contribution in [-0.2, 0) is 4.79 Å². The molecule has 1 heterocycles. The van der Waals surface area contributed by atoms with Crippen LogP contribution in [0.25, 0.3) is 0 Å². The summed E-state index contributed by atoms with van der Waals surface area (Å²) in [6.07, 6.45) is 16.9. The van der Waals surface area contributed by atoms with E-state index in [1.807, 2.05) is 4.90 Å². The topological polar surface area (TPSA) is 20.3 Å². The van der Waals surface area contributed by atoms with Crippen molar-refractivity contribution in [2.24, 2.45) is 0 Å². The van der Waals surface area contributed by atoms with Gasteiger partial charge in [-0.3, -0.25) is 4.79 Å². The smallest absolute Gasteiger partial charge is 0.222 e. The maximum atomic E-state index is 11.6. The Labute approximate surface area is 119 Å². The molecule has 1 amide bonds. The molecule has 112 valence electrons. The third kappa shape index (κ3) is 8.28. The summed E-state index contributed by atoms with van der Waals surface area (Å²) in [7, 11) is 0. The second-order valence-corrected chi connectivity index (χ2v) is 6.02. The molecule has 0 aromatic carbocycles. The fraction of sp³-hybridized carbons (Fsp3) is 0.941. The first-order chi connectivity index (χ1) is 9.34. The van der Waals surface area contributed by atoms with Crippen LogP contribution in [0.2, 0.25) is 0 Å². The zero-order valence-corrected chi connectivity index (χ0v) is 13.0. The molecule has 0 aliphatic carbocycles. The van der Waals surface area contributed by atoms with Crippen molar-refractivity contribution in [2.75, 3.05) is 13.1 Å². The molecule has 2 heteroatoms. The van der Waals surface area contributed by atoms with Crippen LogP contribution >= 0.6 is 0 Å². The van der Waals surface area contributed by atoms with E-state index in [-0.39, 0.29) is 0 Å². The minimum atomic E-state index is 0.391. The minimum Gasteiger partial charge on any atom is -0.343 e. The highest BCUT2D eigenvalue weighted by Crippen LogP contribution is 2.13. The van der Waals surface area contributed by atoms with Crippen molar-refractivity contribution in [3.05, 3.63) is 0 Å². The van der Waals surface area contributed by atoms with Gasteiger partial charge in [0.25, 0.3) is 0 Å². The van der Waals surface area contributed by atoms with Crippen LogP contribution in [0.15, 0.2) is 0 Å². The Hall–Kier alpha value is -0.530.